The topological polar surface area (TPSA) is 83.6 Å². The minimum absolute atomic E-state index is 0.333. The molecule has 0 radical (unpaired) electrons. The fourth-order valence-electron chi connectivity index (χ4n) is 1.19. The molecule has 0 saturated carbocycles. The number of amides is 1. The lowest BCUT2D eigenvalue weighted by Gasteiger charge is -2.35. The summed E-state index contributed by atoms with van der Waals surface area (Å²) in [6.07, 6.45) is 0. The third-order valence-electron chi connectivity index (χ3n) is 2.17. The highest BCUT2D eigenvalue weighted by Crippen LogP contribution is 2.15. The number of nitrogens with two attached hydrogens (primary N) is 1. The van der Waals surface area contributed by atoms with Crippen LogP contribution in [0.2, 0.25) is 0 Å². The Balaban J connectivity index is 4.90. The summed E-state index contributed by atoms with van der Waals surface area (Å²) in [5, 5.41) is 8.94. The Morgan fingerprint density at radius 1 is 1.50 bits per heavy atom. The zero-order chi connectivity index (χ0) is 11.5. The molecule has 0 aromatic heterocycles. The van der Waals surface area contributed by atoms with E-state index in [1.807, 2.05) is 0 Å². The van der Waals surface area contributed by atoms with E-state index >= 15 is 0 Å². The number of carbonyl (C=O) groups is 2. The molecule has 0 aliphatic carbocycles. The Morgan fingerprint density at radius 3 is 2.14 bits per heavy atom. The highest BCUT2D eigenvalue weighted by molar-refractivity contribution is 5.88. The van der Waals surface area contributed by atoms with Crippen LogP contribution in [0.1, 0.15) is 27.7 Å². The van der Waals surface area contributed by atoms with E-state index in [4.69, 9.17) is 10.8 Å². The predicted molar refractivity (Wildman–Crippen MR) is 52.8 cm³/mol. The van der Waals surface area contributed by atoms with E-state index in [0.717, 1.165) is 0 Å². The maximum Gasteiger partial charge on any atom is 0.329 e. The number of hydrogen-bond donors (Lipinski definition) is 2. The van der Waals surface area contributed by atoms with Gasteiger partial charge in [0.15, 0.2) is 0 Å². The Hall–Kier alpha value is -1.10. The molecule has 1 unspecified atom stereocenters. The minimum Gasteiger partial charge on any atom is -0.480 e. The standard InChI is InChI=1S/C9H18N2O3/c1-5-11(7(12)6(2)10)9(3,4)8(13)14/h6H,5,10H2,1-4H3,(H,13,14). The molecular weight excluding hydrogens is 184 g/mol. The van der Waals surface area contributed by atoms with Crippen molar-refractivity contribution in [3.05, 3.63) is 0 Å². The Kier molecular flexibility index (Phi) is 4.07. The van der Waals surface area contributed by atoms with Crippen molar-refractivity contribution in [2.45, 2.75) is 39.3 Å². The van der Waals surface area contributed by atoms with E-state index in [1.54, 1.807) is 13.8 Å². The number of carboxylic acid groups (broad SMARTS) is 1. The quantitative estimate of drug-likeness (QED) is 0.674. The molecule has 14 heavy (non-hydrogen) atoms. The van der Waals surface area contributed by atoms with Crippen LogP contribution in [0.3, 0.4) is 0 Å². The van der Waals surface area contributed by atoms with E-state index in [0.29, 0.717) is 6.54 Å². The van der Waals surface area contributed by atoms with Gasteiger partial charge in [-0.1, -0.05) is 0 Å². The van der Waals surface area contributed by atoms with Crippen LogP contribution in [0.5, 0.6) is 0 Å². The first-order chi connectivity index (χ1) is 6.25. The second kappa shape index (κ2) is 4.41. The number of hydrogen-bond acceptors (Lipinski definition) is 3. The number of carboxylic acids is 1. The van der Waals surface area contributed by atoms with Crippen LogP contribution in [0.25, 0.3) is 0 Å². The molecule has 0 rings (SSSR count). The lowest BCUT2D eigenvalue weighted by molar-refractivity contribution is -0.157. The first kappa shape index (κ1) is 12.9. The molecule has 5 nitrogen and oxygen atoms in total. The number of nitrogens with zero attached hydrogens (tertiary/aromatic N) is 1. The van der Waals surface area contributed by atoms with Crippen molar-refractivity contribution in [1.29, 1.82) is 0 Å². The van der Waals surface area contributed by atoms with E-state index in [1.165, 1.54) is 18.7 Å². The molecular formula is C9H18N2O3. The van der Waals surface area contributed by atoms with Crippen molar-refractivity contribution in [3.63, 3.8) is 0 Å². The normalized spacial score (nSPS) is 13.5. The second-order valence-electron chi connectivity index (χ2n) is 3.74. The first-order valence-electron chi connectivity index (χ1n) is 4.55. The van der Waals surface area contributed by atoms with Crippen LogP contribution >= 0.6 is 0 Å². The first-order valence-corrected chi connectivity index (χ1v) is 4.55. The SMILES string of the molecule is CCN(C(=O)C(C)N)C(C)(C)C(=O)O. The van der Waals surface area contributed by atoms with Crippen LogP contribution in [0, 0.1) is 0 Å². The van der Waals surface area contributed by atoms with Gasteiger partial charge >= 0.3 is 5.97 Å². The summed E-state index contributed by atoms with van der Waals surface area (Å²) in [5.41, 5.74) is 4.22. The fraction of sp³-hybridized carbons (Fsp3) is 0.778. The maximum absolute atomic E-state index is 11.6. The van der Waals surface area contributed by atoms with Crippen LogP contribution in [0.15, 0.2) is 0 Å². The van der Waals surface area contributed by atoms with E-state index in [9.17, 15) is 9.59 Å². The molecule has 0 heterocycles. The van der Waals surface area contributed by atoms with Crippen molar-refractivity contribution in [3.8, 4) is 0 Å². The number of carbonyl (C=O) groups excluding carboxylic acids is 1. The molecule has 1 amide bonds. The average molecular weight is 202 g/mol. The Bertz CT molecular complexity index is 236. The maximum atomic E-state index is 11.6. The Labute approximate surface area is 83.9 Å². The summed E-state index contributed by atoms with van der Waals surface area (Å²) in [5.74, 6) is -1.38. The molecule has 0 aromatic carbocycles. The van der Waals surface area contributed by atoms with Gasteiger partial charge < -0.3 is 15.7 Å². The van der Waals surface area contributed by atoms with Crippen LogP contribution in [-0.4, -0.2) is 40.0 Å². The van der Waals surface area contributed by atoms with Gasteiger partial charge in [-0.3, -0.25) is 4.79 Å². The minimum atomic E-state index is -1.21. The van der Waals surface area contributed by atoms with Gasteiger partial charge in [-0.15, -0.1) is 0 Å². The molecule has 0 aliphatic heterocycles. The number of rotatable bonds is 4. The smallest absolute Gasteiger partial charge is 0.329 e. The molecule has 0 aromatic rings. The van der Waals surface area contributed by atoms with Crippen molar-refractivity contribution in [2.75, 3.05) is 6.54 Å². The van der Waals surface area contributed by atoms with Crippen LogP contribution in [-0.2, 0) is 9.59 Å². The Morgan fingerprint density at radius 2 is 1.93 bits per heavy atom. The molecule has 1 atom stereocenters. The van der Waals surface area contributed by atoms with Gasteiger partial charge in [0.2, 0.25) is 5.91 Å². The third-order valence-corrected chi connectivity index (χ3v) is 2.17. The molecule has 0 bridgehead atoms. The summed E-state index contributed by atoms with van der Waals surface area (Å²) >= 11 is 0. The van der Waals surface area contributed by atoms with Gasteiger partial charge in [-0.05, 0) is 27.7 Å². The van der Waals surface area contributed by atoms with E-state index in [-0.39, 0.29) is 5.91 Å². The summed E-state index contributed by atoms with van der Waals surface area (Å²) in [6.45, 7) is 6.58. The molecule has 3 N–H and O–H groups in total. The molecule has 0 saturated heterocycles. The molecule has 0 spiro atoms. The van der Waals surface area contributed by atoms with Crippen LogP contribution in [0.4, 0.5) is 0 Å². The summed E-state index contributed by atoms with van der Waals surface area (Å²) in [4.78, 5) is 23.7. The largest absolute Gasteiger partial charge is 0.480 e. The monoisotopic (exact) mass is 202 g/mol. The zero-order valence-electron chi connectivity index (χ0n) is 9.07. The third kappa shape index (κ3) is 2.45. The fourth-order valence-corrected chi connectivity index (χ4v) is 1.19. The zero-order valence-corrected chi connectivity index (χ0v) is 9.07. The molecule has 0 aliphatic rings. The van der Waals surface area contributed by atoms with Gasteiger partial charge in [0.1, 0.15) is 5.54 Å². The highest BCUT2D eigenvalue weighted by atomic mass is 16.4. The molecule has 0 fully saturated rings. The average Bonchev–Trinajstić information content (AvgIpc) is 2.04. The lowest BCUT2D eigenvalue weighted by Crippen LogP contribution is -2.56. The van der Waals surface area contributed by atoms with Crippen molar-refractivity contribution in [2.24, 2.45) is 5.73 Å². The molecule has 5 heteroatoms. The van der Waals surface area contributed by atoms with Crippen molar-refractivity contribution >= 4 is 11.9 Å². The highest BCUT2D eigenvalue weighted by Gasteiger charge is 2.37. The van der Waals surface area contributed by atoms with Gasteiger partial charge in [0.25, 0.3) is 0 Å². The predicted octanol–water partition coefficient (Wildman–Crippen LogP) is 0.0453. The van der Waals surface area contributed by atoms with Gasteiger partial charge in [0.05, 0.1) is 6.04 Å². The van der Waals surface area contributed by atoms with E-state index in [2.05, 4.69) is 0 Å². The summed E-state index contributed by atoms with van der Waals surface area (Å²) < 4.78 is 0. The van der Waals surface area contributed by atoms with Gasteiger partial charge in [0, 0.05) is 6.54 Å². The second-order valence-corrected chi connectivity index (χ2v) is 3.74. The lowest BCUT2D eigenvalue weighted by atomic mass is 10.0. The summed E-state index contributed by atoms with van der Waals surface area (Å²) in [7, 11) is 0. The van der Waals surface area contributed by atoms with Crippen molar-refractivity contribution < 1.29 is 14.7 Å². The van der Waals surface area contributed by atoms with Gasteiger partial charge in [-0.2, -0.15) is 0 Å². The van der Waals surface area contributed by atoms with Gasteiger partial charge in [-0.25, -0.2) is 4.79 Å². The van der Waals surface area contributed by atoms with Crippen molar-refractivity contribution in [1.82, 2.24) is 4.90 Å². The summed E-state index contributed by atoms with van der Waals surface area (Å²) in [6, 6.07) is -0.673. The van der Waals surface area contributed by atoms with E-state index < -0.39 is 17.6 Å². The van der Waals surface area contributed by atoms with Crippen LogP contribution < -0.4 is 5.73 Å². The number of likely N-dealkylation sites (N-methyl/N-ethyl adjacent to an activating group) is 1. The number of aliphatic carboxylic acids is 1. The molecule has 82 valence electrons.